The SMILES string of the molecule is [C-]#[N+]c1cccc(-c2ccc3oc4ccc(-c5ccc(-c6nc(-c7ccccc7)nc(-c7ccccc7)n6)cc5)cc4c3c2)c1. The Morgan fingerprint density at radius 3 is 1.36 bits per heavy atom. The summed E-state index contributed by atoms with van der Waals surface area (Å²) in [5.74, 6) is 1.90. The molecule has 0 aliphatic carbocycles. The third-order valence-electron chi connectivity index (χ3n) is 7.95. The van der Waals surface area contributed by atoms with Gasteiger partial charge in [-0.3, -0.25) is 0 Å². The van der Waals surface area contributed by atoms with Gasteiger partial charge in [0.05, 0.1) is 6.57 Å². The lowest BCUT2D eigenvalue weighted by molar-refractivity contribution is 0.669. The summed E-state index contributed by atoms with van der Waals surface area (Å²) in [6.45, 7) is 7.37. The van der Waals surface area contributed by atoms with Crippen molar-refractivity contribution in [3.05, 3.63) is 157 Å². The lowest BCUT2D eigenvalue weighted by Gasteiger charge is -2.09. The van der Waals surface area contributed by atoms with Crippen molar-refractivity contribution in [1.82, 2.24) is 15.0 Å². The molecule has 5 nitrogen and oxygen atoms in total. The molecule has 0 aliphatic rings. The zero-order chi connectivity index (χ0) is 30.2. The Hall–Kier alpha value is -6.38. The van der Waals surface area contributed by atoms with Gasteiger partial charge in [-0.25, -0.2) is 19.8 Å². The summed E-state index contributed by atoms with van der Waals surface area (Å²) in [6.07, 6.45) is 0. The zero-order valence-corrected chi connectivity index (χ0v) is 24.1. The zero-order valence-electron chi connectivity index (χ0n) is 24.1. The van der Waals surface area contributed by atoms with E-state index in [1.165, 1.54) is 0 Å². The molecule has 0 amide bonds. The second-order valence-electron chi connectivity index (χ2n) is 10.8. The van der Waals surface area contributed by atoms with Gasteiger partial charge in [0.25, 0.3) is 0 Å². The Morgan fingerprint density at radius 2 is 0.822 bits per heavy atom. The molecule has 8 aromatic rings. The predicted octanol–water partition coefficient (Wildman–Crippen LogP) is 10.7. The summed E-state index contributed by atoms with van der Waals surface area (Å²) in [5, 5.41) is 2.09. The molecule has 2 aromatic heterocycles. The summed E-state index contributed by atoms with van der Waals surface area (Å²) in [4.78, 5) is 18.1. The number of nitrogens with zero attached hydrogens (tertiary/aromatic N) is 4. The summed E-state index contributed by atoms with van der Waals surface area (Å²) >= 11 is 0. The van der Waals surface area contributed by atoms with Gasteiger partial charge in [0, 0.05) is 27.5 Å². The molecule has 2 heterocycles. The van der Waals surface area contributed by atoms with E-state index in [-0.39, 0.29) is 0 Å². The molecule has 0 unspecified atom stereocenters. The van der Waals surface area contributed by atoms with E-state index in [1.54, 1.807) is 0 Å². The number of rotatable bonds is 5. The van der Waals surface area contributed by atoms with Crippen LogP contribution in [0.25, 0.3) is 83.2 Å². The maximum absolute atomic E-state index is 7.37. The second kappa shape index (κ2) is 11.0. The van der Waals surface area contributed by atoms with E-state index in [4.69, 9.17) is 25.9 Å². The first-order chi connectivity index (χ1) is 22.2. The summed E-state index contributed by atoms with van der Waals surface area (Å²) in [6, 6.07) is 48.5. The lowest BCUT2D eigenvalue weighted by atomic mass is 9.99. The molecule has 0 fully saturated rings. The van der Waals surface area contributed by atoms with Gasteiger partial charge in [-0.05, 0) is 52.6 Å². The highest BCUT2D eigenvalue weighted by Gasteiger charge is 2.14. The van der Waals surface area contributed by atoms with Crippen LogP contribution < -0.4 is 0 Å². The molecule has 0 saturated carbocycles. The highest BCUT2D eigenvalue weighted by atomic mass is 16.3. The average molecular weight is 577 g/mol. The van der Waals surface area contributed by atoms with Crippen molar-refractivity contribution in [3.63, 3.8) is 0 Å². The van der Waals surface area contributed by atoms with Gasteiger partial charge in [-0.2, -0.15) is 0 Å². The highest BCUT2D eigenvalue weighted by Crippen LogP contribution is 2.36. The number of hydrogen-bond acceptors (Lipinski definition) is 4. The Bertz CT molecular complexity index is 2310. The van der Waals surface area contributed by atoms with E-state index < -0.39 is 0 Å². The van der Waals surface area contributed by atoms with Crippen molar-refractivity contribution in [1.29, 1.82) is 0 Å². The summed E-state index contributed by atoms with van der Waals surface area (Å²) < 4.78 is 6.18. The van der Waals surface area contributed by atoms with E-state index in [9.17, 15) is 0 Å². The minimum Gasteiger partial charge on any atom is -0.456 e. The van der Waals surface area contributed by atoms with E-state index in [2.05, 4.69) is 47.3 Å². The molecule has 0 spiro atoms. The monoisotopic (exact) mass is 576 g/mol. The highest BCUT2D eigenvalue weighted by molar-refractivity contribution is 6.07. The first-order valence-corrected chi connectivity index (χ1v) is 14.6. The topological polar surface area (TPSA) is 56.2 Å². The van der Waals surface area contributed by atoms with Gasteiger partial charge in [0.15, 0.2) is 23.2 Å². The van der Waals surface area contributed by atoms with E-state index in [0.717, 1.165) is 60.9 Å². The number of aromatic nitrogens is 3. The van der Waals surface area contributed by atoms with Gasteiger partial charge < -0.3 is 4.42 Å². The van der Waals surface area contributed by atoms with Crippen LogP contribution in [0.15, 0.2) is 150 Å². The minimum atomic E-state index is 0.625. The molecule has 0 N–H and O–H groups in total. The number of fused-ring (bicyclic) bond motifs is 3. The van der Waals surface area contributed by atoms with Crippen LogP contribution >= 0.6 is 0 Å². The van der Waals surface area contributed by atoms with Gasteiger partial charge in [0.1, 0.15) is 11.2 Å². The van der Waals surface area contributed by atoms with E-state index >= 15 is 0 Å². The first-order valence-electron chi connectivity index (χ1n) is 14.6. The van der Waals surface area contributed by atoms with Crippen molar-refractivity contribution < 1.29 is 4.42 Å². The van der Waals surface area contributed by atoms with Crippen molar-refractivity contribution in [2.24, 2.45) is 0 Å². The first kappa shape index (κ1) is 26.3. The molecule has 5 heteroatoms. The van der Waals surface area contributed by atoms with Gasteiger partial charge in [0.2, 0.25) is 0 Å². The molecule has 0 bridgehead atoms. The Balaban J connectivity index is 1.17. The van der Waals surface area contributed by atoms with Crippen LogP contribution in [0.5, 0.6) is 0 Å². The Morgan fingerprint density at radius 1 is 0.400 bits per heavy atom. The normalized spacial score (nSPS) is 11.1. The molecule has 0 atom stereocenters. The molecule has 0 radical (unpaired) electrons. The molecule has 0 aliphatic heterocycles. The van der Waals surface area contributed by atoms with Crippen LogP contribution in [-0.2, 0) is 0 Å². The number of furan rings is 1. The number of hydrogen-bond donors (Lipinski definition) is 0. The smallest absolute Gasteiger partial charge is 0.187 e. The fraction of sp³-hybridized carbons (Fsp3) is 0. The molecule has 45 heavy (non-hydrogen) atoms. The minimum absolute atomic E-state index is 0.625. The largest absolute Gasteiger partial charge is 0.456 e. The maximum atomic E-state index is 7.37. The van der Waals surface area contributed by atoms with Crippen LogP contribution in [-0.4, -0.2) is 15.0 Å². The maximum Gasteiger partial charge on any atom is 0.187 e. The molecule has 8 rings (SSSR count). The van der Waals surface area contributed by atoms with Crippen LogP contribution in [0.3, 0.4) is 0 Å². The summed E-state index contributed by atoms with van der Waals surface area (Å²) in [5.41, 5.74) is 9.32. The predicted molar refractivity (Wildman–Crippen MR) is 181 cm³/mol. The fourth-order valence-corrected chi connectivity index (χ4v) is 5.64. The Kier molecular flexibility index (Phi) is 6.44. The van der Waals surface area contributed by atoms with Crippen LogP contribution in [0, 0.1) is 6.57 Å². The second-order valence-corrected chi connectivity index (χ2v) is 10.8. The molecule has 210 valence electrons. The van der Waals surface area contributed by atoms with Crippen LogP contribution in [0.1, 0.15) is 0 Å². The average Bonchev–Trinajstić information content (AvgIpc) is 3.49. The van der Waals surface area contributed by atoms with E-state index in [0.29, 0.717) is 23.2 Å². The van der Waals surface area contributed by atoms with Gasteiger partial charge in [-0.15, -0.1) is 0 Å². The van der Waals surface area contributed by atoms with Crippen LogP contribution in [0.4, 0.5) is 5.69 Å². The van der Waals surface area contributed by atoms with Gasteiger partial charge >= 0.3 is 0 Å². The third kappa shape index (κ3) is 5.01. The molecule has 6 aromatic carbocycles. The standard InChI is InChI=1S/C40H24N4O/c1-41-33-14-8-13-30(23-33)32-20-22-37-35(25-32)34-24-31(19-21-36(34)45-37)26-15-17-29(18-16-26)40-43-38(27-9-4-2-5-10-27)42-39(44-40)28-11-6-3-7-12-28/h2-25H. The molecular formula is C40H24N4O. The van der Waals surface area contributed by atoms with Crippen molar-refractivity contribution >= 4 is 27.6 Å². The van der Waals surface area contributed by atoms with Crippen LogP contribution in [0.2, 0.25) is 0 Å². The molecular weight excluding hydrogens is 552 g/mol. The van der Waals surface area contributed by atoms with E-state index in [1.807, 2.05) is 103 Å². The third-order valence-corrected chi connectivity index (χ3v) is 7.95. The summed E-state index contributed by atoms with van der Waals surface area (Å²) in [7, 11) is 0. The fourth-order valence-electron chi connectivity index (χ4n) is 5.64. The number of benzene rings is 6. The van der Waals surface area contributed by atoms with Crippen molar-refractivity contribution in [3.8, 4) is 56.4 Å². The Labute approximate surface area is 260 Å². The quantitative estimate of drug-likeness (QED) is 0.191. The van der Waals surface area contributed by atoms with Crippen molar-refractivity contribution in [2.75, 3.05) is 0 Å². The lowest BCUT2D eigenvalue weighted by Crippen LogP contribution is -2.00. The van der Waals surface area contributed by atoms with Gasteiger partial charge in [-0.1, -0.05) is 115 Å². The molecule has 0 saturated heterocycles. The van der Waals surface area contributed by atoms with Crippen molar-refractivity contribution in [2.45, 2.75) is 0 Å².